The van der Waals surface area contributed by atoms with E-state index in [0.29, 0.717) is 17.9 Å². The van der Waals surface area contributed by atoms with Gasteiger partial charge in [-0.3, -0.25) is 4.79 Å². The SMILES string of the molecule is Cc1sc2ccc(OCc3ccccc3)cc2c1C(=O)NCc1cccc(O)n1. The van der Waals surface area contributed by atoms with Crippen LogP contribution >= 0.6 is 11.3 Å². The largest absolute Gasteiger partial charge is 0.493 e. The Balaban J connectivity index is 1.53. The highest BCUT2D eigenvalue weighted by atomic mass is 32.1. The summed E-state index contributed by atoms with van der Waals surface area (Å²) in [5.74, 6) is 0.496. The van der Waals surface area contributed by atoms with E-state index in [-0.39, 0.29) is 18.3 Å². The van der Waals surface area contributed by atoms with E-state index >= 15 is 0 Å². The van der Waals surface area contributed by atoms with Gasteiger partial charge in [0.15, 0.2) is 0 Å². The van der Waals surface area contributed by atoms with Crippen LogP contribution in [0.1, 0.15) is 26.5 Å². The fourth-order valence-electron chi connectivity index (χ4n) is 3.14. The number of nitrogens with one attached hydrogen (secondary N) is 1. The lowest BCUT2D eigenvalue weighted by Gasteiger charge is -2.08. The van der Waals surface area contributed by atoms with Crippen LogP contribution in [0.15, 0.2) is 66.7 Å². The first kappa shape index (κ1) is 19.0. The van der Waals surface area contributed by atoms with Gasteiger partial charge in [0.1, 0.15) is 12.4 Å². The van der Waals surface area contributed by atoms with Gasteiger partial charge >= 0.3 is 0 Å². The first-order valence-electron chi connectivity index (χ1n) is 9.23. The monoisotopic (exact) mass is 404 g/mol. The molecule has 6 heteroatoms. The van der Waals surface area contributed by atoms with Gasteiger partial charge in [-0.1, -0.05) is 36.4 Å². The van der Waals surface area contributed by atoms with Gasteiger partial charge in [-0.2, -0.15) is 0 Å². The Morgan fingerprint density at radius 3 is 2.72 bits per heavy atom. The molecule has 0 aliphatic carbocycles. The Morgan fingerprint density at radius 1 is 1.10 bits per heavy atom. The van der Waals surface area contributed by atoms with Gasteiger partial charge in [0.25, 0.3) is 5.91 Å². The van der Waals surface area contributed by atoms with Crippen LogP contribution in [0.4, 0.5) is 0 Å². The van der Waals surface area contributed by atoms with E-state index in [2.05, 4.69) is 10.3 Å². The third-order valence-electron chi connectivity index (χ3n) is 4.53. The van der Waals surface area contributed by atoms with Gasteiger partial charge in [0.2, 0.25) is 5.88 Å². The van der Waals surface area contributed by atoms with Gasteiger partial charge in [0, 0.05) is 21.0 Å². The minimum atomic E-state index is -0.167. The lowest BCUT2D eigenvalue weighted by molar-refractivity contribution is 0.0952. The lowest BCUT2D eigenvalue weighted by Crippen LogP contribution is -2.23. The van der Waals surface area contributed by atoms with Crippen molar-refractivity contribution in [2.75, 3.05) is 0 Å². The lowest BCUT2D eigenvalue weighted by atomic mass is 10.1. The van der Waals surface area contributed by atoms with Crippen LogP contribution in [0.5, 0.6) is 11.6 Å². The number of carbonyl (C=O) groups excluding carboxylic acids is 1. The number of rotatable bonds is 6. The molecule has 0 saturated heterocycles. The molecule has 0 radical (unpaired) electrons. The number of aromatic hydroxyl groups is 1. The van der Waals surface area contributed by atoms with Crippen molar-refractivity contribution in [2.24, 2.45) is 0 Å². The fraction of sp³-hybridized carbons (Fsp3) is 0.130. The number of aryl methyl sites for hydroxylation is 1. The third-order valence-corrected chi connectivity index (χ3v) is 5.62. The van der Waals surface area contributed by atoms with Gasteiger partial charge < -0.3 is 15.2 Å². The number of fused-ring (bicyclic) bond motifs is 1. The number of carbonyl (C=O) groups is 1. The van der Waals surface area contributed by atoms with Crippen LogP contribution in [0.3, 0.4) is 0 Å². The Bertz CT molecular complexity index is 1160. The maximum atomic E-state index is 12.9. The minimum absolute atomic E-state index is 0.0610. The molecular weight excluding hydrogens is 384 g/mol. The number of thiophene rings is 1. The Morgan fingerprint density at radius 2 is 1.93 bits per heavy atom. The molecular formula is C23H20N2O3S. The molecule has 4 aromatic rings. The second kappa shape index (κ2) is 8.32. The standard InChI is InChI=1S/C23H20N2O3S/c1-15-22(23(27)24-13-17-8-5-9-21(26)25-17)19-12-18(10-11-20(19)29-15)28-14-16-6-3-2-4-7-16/h2-12H,13-14H2,1H3,(H,24,27)(H,25,26). The average molecular weight is 404 g/mol. The number of amides is 1. The molecule has 0 bridgehead atoms. The van der Waals surface area contributed by atoms with Crippen molar-refractivity contribution in [1.29, 1.82) is 0 Å². The number of nitrogens with zero attached hydrogens (tertiary/aromatic N) is 1. The number of hydrogen-bond acceptors (Lipinski definition) is 5. The molecule has 0 saturated carbocycles. The zero-order chi connectivity index (χ0) is 20.2. The normalized spacial score (nSPS) is 10.8. The van der Waals surface area contributed by atoms with Crippen LogP contribution in [0.25, 0.3) is 10.1 Å². The van der Waals surface area contributed by atoms with Crippen LogP contribution in [0, 0.1) is 6.92 Å². The summed E-state index contributed by atoms with van der Waals surface area (Å²) < 4.78 is 6.96. The summed E-state index contributed by atoms with van der Waals surface area (Å²) in [6.07, 6.45) is 0. The molecule has 0 aliphatic rings. The number of hydrogen-bond donors (Lipinski definition) is 2. The first-order chi connectivity index (χ1) is 14.1. The predicted molar refractivity (Wildman–Crippen MR) is 114 cm³/mol. The quantitative estimate of drug-likeness (QED) is 0.483. The molecule has 5 nitrogen and oxygen atoms in total. The second-order valence-corrected chi connectivity index (χ2v) is 7.89. The molecule has 1 amide bonds. The van der Waals surface area contributed by atoms with E-state index < -0.39 is 0 Å². The smallest absolute Gasteiger partial charge is 0.253 e. The summed E-state index contributed by atoms with van der Waals surface area (Å²) in [6.45, 7) is 2.66. The Kier molecular flexibility index (Phi) is 5.44. The number of pyridine rings is 1. The van der Waals surface area contributed by atoms with E-state index in [0.717, 1.165) is 26.3 Å². The van der Waals surface area contributed by atoms with Gasteiger partial charge in [0.05, 0.1) is 17.8 Å². The number of aromatic nitrogens is 1. The summed E-state index contributed by atoms with van der Waals surface area (Å²) >= 11 is 1.58. The van der Waals surface area contributed by atoms with Crippen LogP contribution in [-0.2, 0) is 13.2 Å². The second-order valence-electron chi connectivity index (χ2n) is 6.64. The molecule has 4 rings (SSSR count). The van der Waals surface area contributed by atoms with Crippen LogP contribution < -0.4 is 10.1 Å². The van der Waals surface area contributed by atoms with Crippen molar-refractivity contribution in [1.82, 2.24) is 10.3 Å². The molecule has 2 N–H and O–H groups in total. The van der Waals surface area contributed by atoms with Crippen molar-refractivity contribution in [3.05, 3.63) is 88.4 Å². The maximum Gasteiger partial charge on any atom is 0.253 e. The molecule has 0 unspecified atom stereocenters. The van der Waals surface area contributed by atoms with Gasteiger partial charge in [-0.15, -0.1) is 11.3 Å². The number of ether oxygens (including phenoxy) is 1. The van der Waals surface area contributed by atoms with Gasteiger partial charge in [-0.25, -0.2) is 4.98 Å². The van der Waals surface area contributed by atoms with Crippen molar-refractivity contribution in [2.45, 2.75) is 20.1 Å². The van der Waals surface area contributed by atoms with Crippen molar-refractivity contribution in [3.8, 4) is 11.6 Å². The molecule has 2 aromatic heterocycles. The third kappa shape index (κ3) is 4.38. The van der Waals surface area contributed by atoms with Gasteiger partial charge in [-0.05, 0) is 36.8 Å². The minimum Gasteiger partial charge on any atom is -0.493 e. The highest BCUT2D eigenvalue weighted by Crippen LogP contribution is 2.33. The zero-order valence-electron chi connectivity index (χ0n) is 15.9. The van der Waals surface area contributed by atoms with Crippen LogP contribution in [-0.4, -0.2) is 16.0 Å². The topological polar surface area (TPSA) is 71.5 Å². The molecule has 0 spiro atoms. The fourth-order valence-corrected chi connectivity index (χ4v) is 4.18. The number of benzene rings is 2. The zero-order valence-corrected chi connectivity index (χ0v) is 16.7. The highest BCUT2D eigenvalue weighted by Gasteiger charge is 2.17. The molecule has 146 valence electrons. The Labute approximate surface area is 172 Å². The maximum absolute atomic E-state index is 12.9. The van der Waals surface area contributed by atoms with Crippen molar-refractivity contribution in [3.63, 3.8) is 0 Å². The summed E-state index contributed by atoms with van der Waals surface area (Å²) in [5.41, 5.74) is 2.34. The van der Waals surface area contributed by atoms with E-state index in [1.54, 1.807) is 23.5 Å². The molecule has 2 heterocycles. The highest BCUT2D eigenvalue weighted by molar-refractivity contribution is 7.19. The van der Waals surface area contributed by atoms with E-state index in [9.17, 15) is 9.90 Å². The Hall–Kier alpha value is -3.38. The van der Waals surface area contributed by atoms with Crippen molar-refractivity contribution >= 4 is 27.3 Å². The first-order valence-corrected chi connectivity index (χ1v) is 10.0. The summed E-state index contributed by atoms with van der Waals surface area (Å²) in [5, 5.41) is 13.2. The van der Waals surface area contributed by atoms with Crippen molar-refractivity contribution < 1.29 is 14.6 Å². The summed E-state index contributed by atoms with van der Waals surface area (Å²) in [7, 11) is 0. The summed E-state index contributed by atoms with van der Waals surface area (Å²) in [4.78, 5) is 17.8. The molecule has 0 atom stereocenters. The molecule has 0 fully saturated rings. The van der Waals surface area contributed by atoms with Crippen LogP contribution in [0.2, 0.25) is 0 Å². The summed E-state index contributed by atoms with van der Waals surface area (Å²) in [6, 6.07) is 20.8. The molecule has 0 aliphatic heterocycles. The van der Waals surface area contributed by atoms with E-state index in [1.807, 2.05) is 55.5 Å². The predicted octanol–water partition coefficient (Wildman–Crippen LogP) is 4.82. The molecule has 29 heavy (non-hydrogen) atoms. The average Bonchev–Trinajstić information content (AvgIpc) is 3.06. The van der Waals surface area contributed by atoms with E-state index in [4.69, 9.17) is 4.74 Å². The molecule has 2 aromatic carbocycles. The van der Waals surface area contributed by atoms with E-state index in [1.165, 1.54) is 6.07 Å².